The van der Waals surface area contributed by atoms with Crippen molar-refractivity contribution in [2.24, 2.45) is 5.16 Å². The van der Waals surface area contributed by atoms with E-state index in [-0.39, 0.29) is 0 Å². The fourth-order valence-corrected chi connectivity index (χ4v) is 2.78. The van der Waals surface area contributed by atoms with E-state index in [0.29, 0.717) is 11.5 Å². The number of oxime groups is 1. The molecule has 0 fully saturated rings. The molecule has 2 nitrogen and oxygen atoms in total. The van der Waals surface area contributed by atoms with Crippen LogP contribution in [-0.4, -0.2) is 16.7 Å². The maximum atomic E-state index is 9.11. The summed E-state index contributed by atoms with van der Waals surface area (Å²) in [6, 6.07) is 17.8. The molecule has 0 atom stereocenters. The summed E-state index contributed by atoms with van der Waals surface area (Å²) in [5, 5.41) is 12.5. The fraction of sp³-hybridized carbons (Fsp3) is 0.0714. The van der Waals surface area contributed by atoms with Crippen molar-refractivity contribution in [2.45, 2.75) is 4.90 Å². The van der Waals surface area contributed by atoms with Gasteiger partial charge in [-0.25, -0.2) is 0 Å². The Kier molecular flexibility index (Phi) is 4.84. The molecule has 0 aliphatic carbocycles. The standard InChI is InChI=1S/C14H12BrNOS/c15-12-6-4-5-11(9-12)14(16-17)10-18-13-7-2-1-3-8-13/h1-9,17H,10H2/b16-14+. The van der Waals surface area contributed by atoms with Crippen LogP contribution in [0.1, 0.15) is 5.56 Å². The molecule has 0 amide bonds. The molecule has 0 unspecified atom stereocenters. The minimum atomic E-state index is 0.636. The highest BCUT2D eigenvalue weighted by atomic mass is 79.9. The fourth-order valence-electron chi connectivity index (χ4n) is 1.51. The Hall–Kier alpha value is -1.26. The highest BCUT2D eigenvalue weighted by Crippen LogP contribution is 2.20. The van der Waals surface area contributed by atoms with E-state index in [1.807, 2.05) is 54.6 Å². The molecule has 0 radical (unpaired) electrons. The summed E-state index contributed by atoms with van der Waals surface area (Å²) in [5.74, 6) is 0.636. The SMILES string of the molecule is O/N=C(\CSc1ccccc1)c1cccc(Br)c1. The van der Waals surface area contributed by atoms with Crippen molar-refractivity contribution in [1.82, 2.24) is 0 Å². The first-order chi connectivity index (χ1) is 8.79. The van der Waals surface area contributed by atoms with Gasteiger partial charge in [-0.2, -0.15) is 0 Å². The molecule has 92 valence electrons. The van der Waals surface area contributed by atoms with E-state index in [1.165, 1.54) is 0 Å². The summed E-state index contributed by atoms with van der Waals surface area (Å²) >= 11 is 5.06. The molecular formula is C14H12BrNOS. The van der Waals surface area contributed by atoms with Gasteiger partial charge >= 0.3 is 0 Å². The Morgan fingerprint density at radius 3 is 2.56 bits per heavy atom. The van der Waals surface area contributed by atoms with E-state index < -0.39 is 0 Å². The van der Waals surface area contributed by atoms with Gasteiger partial charge in [0.25, 0.3) is 0 Å². The van der Waals surface area contributed by atoms with Crippen molar-refractivity contribution < 1.29 is 5.21 Å². The predicted octanol–water partition coefficient (Wildman–Crippen LogP) is 4.42. The maximum absolute atomic E-state index is 9.11. The molecular weight excluding hydrogens is 310 g/mol. The van der Waals surface area contributed by atoms with Crippen molar-refractivity contribution in [2.75, 3.05) is 5.75 Å². The van der Waals surface area contributed by atoms with E-state index in [2.05, 4.69) is 21.1 Å². The highest BCUT2D eigenvalue weighted by molar-refractivity contribution is 9.10. The van der Waals surface area contributed by atoms with Gasteiger partial charge in [0.15, 0.2) is 0 Å². The van der Waals surface area contributed by atoms with Crippen molar-refractivity contribution in [3.63, 3.8) is 0 Å². The van der Waals surface area contributed by atoms with Crippen LogP contribution in [0.4, 0.5) is 0 Å². The second kappa shape index (κ2) is 6.61. The lowest BCUT2D eigenvalue weighted by atomic mass is 10.1. The van der Waals surface area contributed by atoms with E-state index >= 15 is 0 Å². The van der Waals surface area contributed by atoms with Crippen LogP contribution in [0.3, 0.4) is 0 Å². The Labute approximate surface area is 119 Å². The van der Waals surface area contributed by atoms with E-state index in [0.717, 1.165) is 14.9 Å². The number of hydrogen-bond donors (Lipinski definition) is 1. The van der Waals surface area contributed by atoms with Gasteiger partial charge in [0.1, 0.15) is 0 Å². The zero-order valence-electron chi connectivity index (χ0n) is 9.58. The number of benzene rings is 2. The van der Waals surface area contributed by atoms with Crippen LogP contribution in [0.5, 0.6) is 0 Å². The van der Waals surface area contributed by atoms with Crippen LogP contribution < -0.4 is 0 Å². The smallest absolute Gasteiger partial charge is 0.0970 e. The third kappa shape index (κ3) is 3.62. The molecule has 0 spiro atoms. The van der Waals surface area contributed by atoms with Crippen molar-refractivity contribution in [3.05, 3.63) is 64.6 Å². The molecule has 0 heterocycles. The summed E-state index contributed by atoms with van der Waals surface area (Å²) in [7, 11) is 0. The summed E-state index contributed by atoms with van der Waals surface area (Å²) in [4.78, 5) is 1.16. The topological polar surface area (TPSA) is 32.6 Å². The van der Waals surface area contributed by atoms with Crippen LogP contribution in [0.25, 0.3) is 0 Å². The molecule has 0 bridgehead atoms. The lowest BCUT2D eigenvalue weighted by Gasteiger charge is -2.05. The monoisotopic (exact) mass is 321 g/mol. The van der Waals surface area contributed by atoms with Crippen LogP contribution >= 0.6 is 27.7 Å². The second-order valence-corrected chi connectivity index (χ2v) is 5.62. The summed E-state index contributed by atoms with van der Waals surface area (Å²) in [5.41, 5.74) is 1.60. The average molecular weight is 322 g/mol. The van der Waals surface area contributed by atoms with Crippen LogP contribution in [0.2, 0.25) is 0 Å². The first-order valence-corrected chi connectivity index (χ1v) is 7.22. The quantitative estimate of drug-likeness (QED) is 0.391. The maximum Gasteiger partial charge on any atom is 0.0970 e. The lowest BCUT2D eigenvalue weighted by Crippen LogP contribution is -2.04. The zero-order chi connectivity index (χ0) is 12.8. The van der Waals surface area contributed by atoms with Gasteiger partial charge in [-0.1, -0.05) is 51.4 Å². The van der Waals surface area contributed by atoms with Crippen molar-refractivity contribution in [1.29, 1.82) is 0 Å². The number of nitrogens with zero attached hydrogens (tertiary/aromatic N) is 1. The highest BCUT2D eigenvalue weighted by Gasteiger charge is 2.05. The average Bonchev–Trinajstić information content (AvgIpc) is 2.41. The molecule has 4 heteroatoms. The Balaban J connectivity index is 2.07. The summed E-state index contributed by atoms with van der Waals surface area (Å²) in [6.45, 7) is 0. The van der Waals surface area contributed by atoms with Crippen molar-refractivity contribution in [3.8, 4) is 0 Å². The third-order valence-electron chi connectivity index (χ3n) is 2.40. The van der Waals surface area contributed by atoms with E-state index in [4.69, 9.17) is 5.21 Å². The van der Waals surface area contributed by atoms with Crippen LogP contribution in [0.15, 0.2) is 69.1 Å². The zero-order valence-corrected chi connectivity index (χ0v) is 12.0. The predicted molar refractivity (Wildman–Crippen MR) is 79.6 cm³/mol. The molecule has 0 aliphatic heterocycles. The van der Waals surface area contributed by atoms with Crippen LogP contribution in [0, 0.1) is 0 Å². The van der Waals surface area contributed by atoms with Gasteiger partial charge in [0, 0.05) is 20.7 Å². The van der Waals surface area contributed by atoms with Gasteiger partial charge in [-0.05, 0) is 24.3 Å². The number of rotatable bonds is 4. The Morgan fingerprint density at radius 2 is 1.89 bits per heavy atom. The molecule has 2 rings (SSSR count). The molecule has 18 heavy (non-hydrogen) atoms. The number of halogens is 1. The van der Waals surface area contributed by atoms with E-state index in [1.54, 1.807) is 11.8 Å². The molecule has 0 aliphatic rings. The molecule has 2 aromatic carbocycles. The van der Waals surface area contributed by atoms with Crippen LogP contribution in [-0.2, 0) is 0 Å². The number of hydrogen-bond acceptors (Lipinski definition) is 3. The van der Waals surface area contributed by atoms with Gasteiger partial charge in [-0.15, -0.1) is 11.8 Å². The largest absolute Gasteiger partial charge is 0.411 e. The minimum absolute atomic E-state index is 0.636. The minimum Gasteiger partial charge on any atom is -0.411 e. The lowest BCUT2D eigenvalue weighted by molar-refractivity contribution is 0.319. The molecule has 0 aromatic heterocycles. The molecule has 2 aromatic rings. The van der Waals surface area contributed by atoms with Gasteiger partial charge < -0.3 is 5.21 Å². The molecule has 0 saturated carbocycles. The van der Waals surface area contributed by atoms with Crippen molar-refractivity contribution >= 4 is 33.4 Å². The van der Waals surface area contributed by atoms with Gasteiger partial charge in [0.2, 0.25) is 0 Å². The third-order valence-corrected chi connectivity index (χ3v) is 3.91. The van der Waals surface area contributed by atoms with Gasteiger partial charge in [0.05, 0.1) is 5.71 Å². The van der Waals surface area contributed by atoms with Gasteiger partial charge in [-0.3, -0.25) is 0 Å². The summed E-state index contributed by atoms with van der Waals surface area (Å²) < 4.78 is 0.978. The molecule has 1 N–H and O–H groups in total. The number of thioether (sulfide) groups is 1. The first-order valence-electron chi connectivity index (χ1n) is 5.44. The molecule has 0 saturated heterocycles. The summed E-state index contributed by atoms with van der Waals surface area (Å²) in [6.07, 6.45) is 0. The normalized spacial score (nSPS) is 11.5. The Bertz CT molecular complexity index is 543. The Morgan fingerprint density at radius 1 is 1.11 bits per heavy atom. The second-order valence-electron chi connectivity index (χ2n) is 3.66. The van der Waals surface area contributed by atoms with E-state index in [9.17, 15) is 0 Å². The first kappa shape index (κ1) is 13.2.